The van der Waals surface area contributed by atoms with Crippen molar-refractivity contribution in [3.63, 3.8) is 0 Å². The van der Waals surface area contributed by atoms with E-state index >= 15 is 0 Å². The Bertz CT molecular complexity index is 201. The topological polar surface area (TPSA) is 9.23 Å². The van der Waals surface area contributed by atoms with Crippen molar-refractivity contribution in [1.82, 2.24) is 0 Å². The lowest BCUT2D eigenvalue weighted by Crippen LogP contribution is -2.55. The average Bonchev–Trinajstić information content (AvgIpc) is 2.26. The maximum atomic E-state index is 6.13. The normalized spacial score (nSPS) is 29.8. The Labute approximate surface area is 109 Å². The summed E-state index contributed by atoms with van der Waals surface area (Å²) in [4.78, 5) is 0.668. The van der Waals surface area contributed by atoms with E-state index < -0.39 is 0 Å². The Morgan fingerprint density at radius 1 is 1.31 bits per heavy atom. The van der Waals surface area contributed by atoms with Crippen LogP contribution in [0, 0.1) is 11.3 Å². The minimum atomic E-state index is 0.409. The SMILES string of the molecule is CCCC(C)COC1CC(Br)C1(CC)CC. The molecule has 3 unspecified atom stereocenters. The second-order valence-corrected chi connectivity index (χ2v) is 6.46. The summed E-state index contributed by atoms with van der Waals surface area (Å²) in [5.41, 5.74) is 0.409. The molecule has 0 saturated heterocycles. The number of ether oxygens (including phenoxy) is 1. The first-order valence-electron chi connectivity index (χ1n) is 6.86. The molecule has 1 aliphatic rings. The Morgan fingerprint density at radius 3 is 2.38 bits per heavy atom. The van der Waals surface area contributed by atoms with Crippen LogP contribution in [0.15, 0.2) is 0 Å². The first-order chi connectivity index (χ1) is 7.60. The van der Waals surface area contributed by atoms with Crippen molar-refractivity contribution < 1.29 is 4.74 Å². The van der Waals surface area contributed by atoms with Crippen LogP contribution >= 0.6 is 15.9 Å². The summed E-state index contributed by atoms with van der Waals surface area (Å²) in [5, 5.41) is 0. The summed E-state index contributed by atoms with van der Waals surface area (Å²) >= 11 is 3.80. The van der Waals surface area contributed by atoms with Crippen molar-refractivity contribution in [2.45, 2.75) is 70.7 Å². The number of alkyl halides is 1. The molecule has 1 rings (SSSR count). The fourth-order valence-corrected chi connectivity index (χ4v) is 4.22. The van der Waals surface area contributed by atoms with Gasteiger partial charge in [-0.2, -0.15) is 0 Å². The standard InChI is InChI=1S/C14H27BrO/c1-5-8-11(4)10-16-13-9-12(15)14(13,6-2)7-3/h11-13H,5-10H2,1-4H3. The van der Waals surface area contributed by atoms with E-state index in [-0.39, 0.29) is 0 Å². The summed E-state index contributed by atoms with van der Waals surface area (Å²) < 4.78 is 6.13. The van der Waals surface area contributed by atoms with E-state index in [0.29, 0.717) is 22.3 Å². The van der Waals surface area contributed by atoms with Crippen LogP contribution in [-0.2, 0) is 4.74 Å². The van der Waals surface area contributed by atoms with Crippen LogP contribution in [0.25, 0.3) is 0 Å². The first-order valence-corrected chi connectivity index (χ1v) is 7.77. The van der Waals surface area contributed by atoms with Gasteiger partial charge in [-0.15, -0.1) is 0 Å². The molecule has 1 fully saturated rings. The van der Waals surface area contributed by atoms with Crippen LogP contribution in [0.1, 0.15) is 59.8 Å². The lowest BCUT2D eigenvalue weighted by atomic mass is 9.62. The van der Waals surface area contributed by atoms with Gasteiger partial charge in [0.1, 0.15) is 0 Å². The van der Waals surface area contributed by atoms with E-state index in [1.54, 1.807) is 0 Å². The van der Waals surface area contributed by atoms with Crippen molar-refractivity contribution in [3.8, 4) is 0 Å². The molecule has 0 bridgehead atoms. The van der Waals surface area contributed by atoms with E-state index in [1.165, 1.54) is 32.1 Å². The molecule has 0 aromatic carbocycles. The van der Waals surface area contributed by atoms with Gasteiger partial charge in [0.2, 0.25) is 0 Å². The van der Waals surface area contributed by atoms with Crippen molar-refractivity contribution >= 4 is 15.9 Å². The molecule has 0 aliphatic heterocycles. The van der Waals surface area contributed by atoms with Gasteiger partial charge in [0.15, 0.2) is 0 Å². The molecule has 0 aromatic rings. The van der Waals surface area contributed by atoms with Gasteiger partial charge in [-0.05, 0) is 31.6 Å². The Morgan fingerprint density at radius 2 is 1.94 bits per heavy atom. The summed E-state index contributed by atoms with van der Waals surface area (Å²) in [6.45, 7) is 10.1. The second-order valence-electron chi connectivity index (χ2n) is 5.36. The lowest BCUT2D eigenvalue weighted by molar-refractivity contribution is -0.116. The van der Waals surface area contributed by atoms with E-state index in [0.717, 1.165) is 6.61 Å². The monoisotopic (exact) mass is 290 g/mol. The zero-order chi connectivity index (χ0) is 12.2. The summed E-state index contributed by atoms with van der Waals surface area (Å²) in [7, 11) is 0. The Kier molecular flexibility index (Phi) is 5.79. The Hall–Kier alpha value is 0.440. The molecule has 0 aromatic heterocycles. The van der Waals surface area contributed by atoms with Crippen LogP contribution in [0.2, 0.25) is 0 Å². The highest BCUT2D eigenvalue weighted by atomic mass is 79.9. The fraction of sp³-hybridized carbons (Fsp3) is 1.00. The van der Waals surface area contributed by atoms with E-state index in [1.807, 2.05) is 0 Å². The molecule has 0 spiro atoms. The van der Waals surface area contributed by atoms with E-state index in [9.17, 15) is 0 Å². The van der Waals surface area contributed by atoms with Crippen LogP contribution in [0.4, 0.5) is 0 Å². The Balaban J connectivity index is 2.38. The van der Waals surface area contributed by atoms with Crippen molar-refractivity contribution in [3.05, 3.63) is 0 Å². The molecule has 3 atom stereocenters. The van der Waals surface area contributed by atoms with Gasteiger partial charge in [0.25, 0.3) is 0 Å². The second kappa shape index (κ2) is 6.39. The first kappa shape index (κ1) is 14.5. The lowest BCUT2D eigenvalue weighted by Gasteiger charge is -2.53. The number of hydrogen-bond donors (Lipinski definition) is 0. The molecule has 2 heteroatoms. The predicted molar refractivity (Wildman–Crippen MR) is 74.2 cm³/mol. The van der Waals surface area contributed by atoms with Gasteiger partial charge >= 0.3 is 0 Å². The quantitative estimate of drug-likeness (QED) is 0.613. The maximum Gasteiger partial charge on any atom is 0.0652 e. The number of hydrogen-bond acceptors (Lipinski definition) is 1. The van der Waals surface area contributed by atoms with Gasteiger partial charge in [0.05, 0.1) is 6.10 Å². The van der Waals surface area contributed by atoms with Crippen LogP contribution < -0.4 is 0 Å². The zero-order valence-corrected chi connectivity index (χ0v) is 12.8. The average molecular weight is 291 g/mol. The molecule has 16 heavy (non-hydrogen) atoms. The van der Waals surface area contributed by atoms with Gasteiger partial charge in [0, 0.05) is 16.8 Å². The fourth-order valence-electron chi connectivity index (χ4n) is 2.94. The third-order valence-electron chi connectivity index (χ3n) is 4.37. The van der Waals surface area contributed by atoms with Crippen LogP contribution in [0.5, 0.6) is 0 Å². The minimum absolute atomic E-state index is 0.409. The molecule has 1 saturated carbocycles. The van der Waals surface area contributed by atoms with Crippen LogP contribution in [-0.4, -0.2) is 17.5 Å². The highest BCUT2D eigenvalue weighted by molar-refractivity contribution is 9.09. The van der Waals surface area contributed by atoms with Crippen molar-refractivity contribution in [2.75, 3.05) is 6.61 Å². The summed E-state index contributed by atoms with van der Waals surface area (Å²) in [6.07, 6.45) is 6.70. The van der Waals surface area contributed by atoms with Gasteiger partial charge < -0.3 is 4.74 Å². The van der Waals surface area contributed by atoms with Crippen molar-refractivity contribution in [1.29, 1.82) is 0 Å². The molecular weight excluding hydrogens is 264 g/mol. The smallest absolute Gasteiger partial charge is 0.0652 e. The van der Waals surface area contributed by atoms with Gasteiger partial charge in [-0.3, -0.25) is 0 Å². The van der Waals surface area contributed by atoms with Gasteiger partial charge in [-0.1, -0.05) is 50.0 Å². The maximum absolute atomic E-state index is 6.13. The number of halogens is 1. The molecule has 1 nitrogen and oxygen atoms in total. The van der Waals surface area contributed by atoms with Crippen molar-refractivity contribution in [2.24, 2.45) is 11.3 Å². The van der Waals surface area contributed by atoms with Crippen LogP contribution in [0.3, 0.4) is 0 Å². The summed E-state index contributed by atoms with van der Waals surface area (Å²) in [5.74, 6) is 0.714. The molecule has 0 heterocycles. The number of rotatable bonds is 7. The minimum Gasteiger partial charge on any atom is -0.377 e. The molecule has 0 radical (unpaired) electrons. The molecule has 1 aliphatic carbocycles. The largest absolute Gasteiger partial charge is 0.377 e. The van der Waals surface area contributed by atoms with E-state index in [4.69, 9.17) is 4.74 Å². The van der Waals surface area contributed by atoms with E-state index in [2.05, 4.69) is 43.6 Å². The van der Waals surface area contributed by atoms with Gasteiger partial charge in [-0.25, -0.2) is 0 Å². The summed E-state index contributed by atoms with van der Waals surface area (Å²) in [6, 6.07) is 0. The highest BCUT2D eigenvalue weighted by Crippen LogP contribution is 2.52. The molecule has 0 N–H and O–H groups in total. The molecule has 0 amide bonds. The third kappa shape index (κ3) is 2.81. The third-order valence-corrected chi connectivity index (χ3v) is 5.65. The molecular formula is C14H27BrO. The highest BCUT2D eigenvalue weighted by Gasteiger charge is 2.52. The molecule has 96 valence electrons. The zero-order valence-electron chi connectivity index (χ0n) is 11.3. The predicted octanol–water partition coefficient (Wildman–Crippen LogP) is 4.78.